The lowest BCUT2D eigenvalue weighted by Gasteiger charge is -2.37. The van der Waals surface area contributed by atoms with Gasteiger partial charge in [-0.1, -0.05) is 13.3 Å². The summed E-state index contributed by atoms with van der Waals surface area (Å²) in [7, 11) is 0. The van der Waals surface area contributed by atoms with Crippen LogP contribution in [-0.4, -0.2) is 29.1 Å². The number of nitrogens with zero attached hydrogens (tertiary/aromatic N) is 3. The third kappa shape index (κ3) is 1.85. The topological polar surface area (TPSA) is 55.0 Å². The summed E-state index contributed by atoms with van der Waals surface area (Å²) in [6.07, 6.45) is 3.79. The monoisotopic (exact) mass is 192 g/mol. The van der Waals surface area contributed by atoms with Crippen molar-refractivity contribution < 1.29 is 0 Å². The Morgan fingerprint density at radius 2 is 2.29 bits per heavy atom. The van der Waals surface area contributed by atoms with Crippen LogP contribution < -0.4 is 10.6 Å². The number of anilines is 1. The molecule has 1 saturated heterocycles. The van der Waals surface area contributed by atoms with Crippen molar-refractivity contribution in [1.82, 2.24) is 9.97 Å². The summed E-state index contributed by atoms with van der Waals surface area (Å²) in [4.78, 5) is 10.6. The Morgan fingerprint density at radius 1 is 1.50 bits per heavy atom. The highest BCUT2D eigenvalue weighted by atomic mass is 15.3. The first kappa shape index (κ1) is 9.40. The SMILES string of the molecule is CCCc1cc(N2CC(N)C2)ncn1. The van der Waals surface area contributed by atoms with Crippen LogP contribution in [0.5, 0.6) is 0 Å². The van der Waals surface area contributed by atoms with Gasteiger partial charge in [0.2, 0.25) is 0 Å². The van der Waals surface area contributed by atoms with Crippen molar-refractivity contribution in [2.24, 2.45) is 5.73 Å². The van der Waals surface area contributed by atoms with E-state index in [0.717, 1.165) is 37.4 Å². The first-order valence-electron chi connectivity index (χ1n) is 5.11. The summed E-state index contributed by atoms with van der Waals surface area (Å²) in [5, 5.41) is 0. The summed E-state index contributed by atoms with van der Waals surface area (Å²) in [5.41, 5.74) is 6.84. The van der Waals surface area contributed by atoms with Crippen molar-refractivity contribution in [3.63, 3.8) is 0 Å². The summed E-state index contributed by atoms with van der Waals surface area (Å²) >= 11 is 0. The van der Waals surface area contributed by atoms with E-state index >= 15 is 0 Å². The van der Waals surface area contributed by atoms with Crippen molar-refractivity contribution >= 4 is 5.82 Å². The van der Waals surface area contributed by atoms with Crippen LogP contribution in [0.15, 0.2) is 12.4 Å². The lowest BCUT2D eigenvalue weighted by Crippen LogP contribution is -2.56. The molecule has 14 heavy (non-hydrogen) atoms. The second-order valence-electron chi connectivity index (χ2n) is 3.78. The van der Waals surface area contributed by atoms with E-state index in [-0.39, 0.29) is 0 Å². The molecule has 1 fully saturated rings. The maximum Gasteiger partial charge on any atom is 0.132 e. The van der Waals surface area contributed by atoms with Crippen LogP contribution in [0.3, 0.4) is 0 Å². The van der Waals surface area contributed by atoms with E-state index in [2.05, 4.69) is 27.9 Å². The maximum atomic E-state index is 5.72. The molecule has 1 aliphatic rings. The molecule has 0 amide bonds. The van der Waals surface area contributed by atoms with E-state index in [1.54, 1.807) is 6.33 Å². The molecular formula is C10H16N4. The largest absolute Gasteiger partial charge is 0.353 e. The van der Waals surface area contributed by atoms with E-state index < -0.39 is 0 Å². The summed E-state index contributed by atoms with van der Waals surface area (Å²) in [6.45, 7) is 3.99. The molecule has 2 heterocycles. The Balaban J connectivity index is 2.06. The van der Waals surface area contributed by atoms with Crippen molar-refractivity contribution in [2.75, 3.05) is 18.0 Å². The predicted octanol–water partition coefficient (Wildman–Crippen LogP) is 0.576. The Hall–Kier alpha value is -1.16. The second kappa shape index (κ2) is 3.92. The fourth-order valence-electron chi connectivity index (χ4n) is 1.65. The lowest BCUT2D eigenvalue weighted by atomic mass is 10.1. The van der Waals surface area contributed by atoms with Gasteiger partial charge in [-0.3, -0.25) is 0 Å². The lowest BCUT2D eigenvalue weighted by molar-refractivity contribution is 0.513. The molecule has 0 aliphatic carbocycles. The van der Waals surface area contributed by atoms with Gasteiger partial charge in [-0.2, -0.15) is 0 Å². The predicted molar refractivity (Wildman–Crippen MR) is 56.2 cm³/mol. The molecule has 1 aromatic heterocycles. The number of aromatic nitrogens is 2. The third-order valence-electron chi connectivity index (χ3n) is 2.45. The van der Waals surface area contributed by atoms with E-state index in [0.29, 0.717) is 6.04 Å². The average Bonchev–Trinajstić information content (AvgIpc) is 2.14. The number of rotatable bonds is 3. The molecule has 2 N–H and O–H groups in total. The minimum atomic E-state index is 0.319. The molecule has 1 aromatic rings. The number of hydrogen-bond acceptors (Lipinski definition) is 4. The number of hydrogen-bond donors (Lipinski definition) is 1. The quantitative estimate of drug-likeness (QED) is 0.761. The molecule has 76 valence electrons. The van der Waals surface area contributed by atoms with Gasteiger partial charge in [-0.05, 0) is 6.42 Å². The molecule has 0 radical (unpaired) electrons. The minimum Gasteiger partial charge on any atom is -0.353 e. The molecule has 4 nitrogen and oxygen atoms in total. The van der Waals surface area contributed by atoms with Gasteiger partial charge in [0.15, 0.2) is 0 Å². The van der Waals surface area contributed by atoms with Crippen LogP contribution in [0.2, 0.25) is 0 Å². The van der Waals surface area contributed by atoms with Gasteiger partial charge in [-0.15, -0.1) is 0 Å². The average molecular weight is 192 g/mol. The molecule has 0 spiro atoms. The third-order valence-corrected chi connectivity index (χ3v) is 2.45. The Morgan fingerprint density at radius 3 is 2.93 bits per heavy atom. The van der Waals surface area contributed by atoms with Crippen LogP contribution in [0.1, 0.15) is 19.0 Å². The summed E-state index contributed by atoms with van der Waals surface area (Å²) < 4.78 is 0. The molecule has 1 aliphatic heterocycles. The van der Waals surface area contributed by atoms with E-state index in [9.17, 15) is 0 Å². The highest BCUT2D eigenvalue weighted by molar-refractivity contribution is 5.42. The van der Waals surface area contributed by atoms with Crippen LogP contribution in [0.4, 0.5) is 5.82 Å². The Kier molecular flexibility index (Phi) is 2.63. The van der Waals surface area contributed by atoms with Crippen molar-refractivity contribution in [3.8, 4) is 0 Å². The van der Waals surface area contributed by atoms with Crippen LogP contribution in [0, 0.1) is 0 Å². The molecular weight excluding hydrogens is 176 g/mol. The van der Waals surface area contributed by atoms with E-state index in [1.165, 1.54) is 0 Å². The van der Waals surface area contributed by atoms with Crippen molar-refractivity contribution in [2.45, 2.75) is 25.8 Å². The fourth-order valence-corrected chi connectivity index (χ4v) is 1.65. The van der Waals surface area contributed by atoms with Gasteiger partial charge in [0.1, 0.15) is 12.1 Å². The molecule has 0 bridgehead atoms. The summed E-state index contributed by atoms with van der Waals surface area (Å²) in [5.74, 6) is 1.02. The van der Waals surface area contributed by atoms with Gasteiger partial charge in [0.05, 0.1) is 0 Å². The van der Waals surface area contributed by atoms with Crippen molar-refractivity contribution in [3.05, 3.63) is 18.1 Å². The molecule has 0 atom stereocenters. The van der Waals surface area contributed by atoms with Crippen molar-refractivity contribution in [1.29, 1.82) is 0 Å². The fraction of sp³-hybridized carbons (Fsp3) is 0.600. The van der Waals surface area contributed by atoms with Gasteiger partial charge in [-0.25, -0.2) is 9.97 Å². The zero-order valence-corrected chi connectivity index (χ0v) is 8.48. The highest BCUT2D eigenvalue weighted by Gasteiger charge is 2.24. The first-order chi connectivity index (χ1) is 6.79. The Bertz CT molecular complexity index is 307. The summed E-state index contributed by atoms with van der Waals surface area (Å²) in [6, 6.07) is 2.38. The zero-order valence-electron chi connectivity index (χ0n) is 8.48. The van der Waals surface area contributed by atoms with Gasteiger partial charge < -0.3 is 10.6 Å². The van der Waals surface area contributed by atoms with E-state index in [1.807, 2.05) is 0 Å². The molecule has 2 rings (SSSR count). The number of nitrogens with two attached hydrogens (primary N) is 1. The second-order valence-corrected chi connectivity index (χ2v) is 3.78. The van der Waals surface area contributed by atoms with E-state index in [4.69, 9.17) is 5.73 Å². The molecule has 0 aromatic carbocycles. The first-order valence-corrected chi connectivity index (χ1v) is 5.11. The zero-order chi connectivity index (χ0) is 9.97. The minimum absolute atomic E-state index is 0.319. The van der Waals surface area contributed by atoms with Gasteiger partial charge in [0.25, 0.3) is 0 Å². The highest BCUT2D eigenvalue weighted by Crippen LogP contribution is 2.17. The van der Waals surface area contributed by atoms with Crippen LogP contribution >= 0.6 is 0 Å². The maximum absolute atomic E-state index is 5.72. The standard InChI is InChI=1S/C10H16N4/c1-2-3-9-4-10(13-7-12-9)14-5-8(11)6-14/h4,7-8H,2-3,5-6,11H2,1H3. The van der Waals surface area contributed by atoms with Gasteiger partial charge in [0, 0.05) is 30.9 Å². The molecule has 4 heteroatoms. The van der Waals surface area contributed by atoms with Crippen LogP contribution in [-0.2, 0) is 6.42 Å². The van der Waals surface area contributed by atoms with Gasteiger partial charge >= 0.3 is 0 Å². The van der Waals surface area contributed by atoms with Crippen LogP contribution in [0.25, 0.3) is 0 Å². The molecule has 0 saturated carbocycles. The normalized spacial score (nSPS) is 16.9. The Labute approximate surface area is 84.2 Å². The number of aryl methyl sites for hydroxylation is 1. The molecule has 0 unspecified atom stereocenters. The smallest absolute Gasteiger partial charge is 0.132 e.